The fourth-order valence-electron chi connectivity index (χ4n) is 2.69. The van der Waals surface area contributed by atoms with E-state index in [0.29, 0.717) is 5.76 Å². The second kappa shape index (κ2) is 8.66. The molecule has 0 saturated carbocycles. The van der Waals surface area contributed by atoms with Crippen LogP contribution in [-0.2, 0) is 16.1 Å². The molecular formula is C17H25N3O5. The van der Waals surface area contributed by atoms with Crippen LogP contribution in [0.1, 0.15) is 38.9 Å². The van der Waals surface area contributed by atoms with Gasteiger partial charge in [-0.05, 0) is 24.5 Å². The molecule has 0 unspecified atom stereocenters. The molecule has 8 heteroatoms. The van der Waals surface area contributed by atoms with Crippen LogP contribution in [0.25, 0.3) is 0 Å². The number of hydrogen-bond donors (Lipinski definition) is 3. The van der Waals surface area contributed by atoms with Gasteiger partial charge in [-0.15, -0.1) is 0 Å². The molecule has 1 aromatic rings. The van der Waals surface area contributed by atoms with E-state index in [-0.39, 0.29) is 49.8 Å². The van der Waals surface area contributed by atoms with E-state index in [1.807, 2.05) is 13.8 Å². The summed E-state index contributed by atoms with van der Waals surface area (Å²) in [5, 5.41) is 14.7. The molecule has 2 heterocycles. The minimum Gasteiger partial charge on any atom is -0.467 e. The lowest BCUT2D eigenvalue weighted by molar-refractivity contribution is -0.128. The molecule has 1 aromatic heterocycles. The summed E-state index contributed by atoms with van der Waals surface area (Å²) in [6.45, 7) is 3.88. The van der Waals surface area contributed by atoms with Gasteiger partial charge in [-0.25, -0.2) is 4.79 Å². The molecule has 1 fully saturated rings. The molecular weight excluding hydrogens is 326 g/mol. The number of nitrogens with one attached hydrogen (secondary N) is 2. The van der Waals surface area contributed by atoms with Crippen molar-refractivity contribution >= 4 is 17.8 Å². The van der Waals surface area contributed by atoms with Gasteiger partial charge in [0, 0.05) is 6.42 Å². The van der Waals surface area contributed by atoms with E-state index in [9.17, 15) is 19.5 Å². The van der Waals surface area contributed by atoms with Crippen LogP contribution in [0, 0.1) is 5.92 Å². The summed E-state index contributed by atoms with van der Waals surface area (Å²) in [5.74, 6) is 0.0625. The van der Waals surface area contributed by atoms with Crippen molar-refractivity contribution < 1.29 is 23.9 Å². The number of carbonyl (C=O) groups is 3. The number of furan rings is 1. The van der Waals surface area contributed by atoms with Crippen molar-refractivity contribution in [2.75, 3.05) is 6.61 Å². The minimum atomic E-state index is -0.718. The number of nitrogens with zero attached hydrogens (tertiary/aromatic N) is 1. The van der Waals surface area contributed by atoms with Crippen molar-refractivity contribution in [2.24, 2.45) is 5.92 Å². The number of imide groups is 1. The zero-order valence-electron chi connectivity index (χ0n) is 14.5. The highest BCUT2D eigenvalue weighted by Gasteiger charge is 2.38. The minimum absolute atomic E-state index is 0.0704. The zero-order chi connectivity index (χ0) is 18.4. The van der Waals surface area contributed by atoms with Gasteiger partial charge in [0.2, 0.25) is 5.91 Å². The number of urea groups is 1. The third-order valence-electron chi connectivity index (χ3n) is 4.54. The van der Waals surface area contributed by atoms with Gasteiger partial charge in [0.25, 0.3) is 5.91 Å². The van der Waals surface area contributed by atoms with E-state index < -0.39 is 12.1 Å². The fraction of sp³-hybridized carbons (Fsp3) is 0.588. The highest BCUT2D eigenvalue weighted by atomic mass is 16.3. The largest absolute Gasteiger partial charge is 0.467 e. The van der Waals surface area contributed by atoms with Gasteiger partial charge < -0.3 is 20.2 Å². The number of carbonyl (C=O) groups excluding carboxylic acids is 3. The predicted molar refractivity (Wildman–Crippen MR) is 89.3 cm³/mol. The number of amides is 4. The van der Waals surface area contributed by atoms with E-state index in [1.54, 1.807) is 12.1 Å². The average Bonchev–Trinajstić information content (AvgIpc) is 3.21. The van der Waals surface area contributed by atoms with Crippen molar-refractivity contribution in [2.45, 2.75) is 51.7 Å². The molecule has 0 aromatic carbocycles. The number of aliphatic hydroxyl groups excluding tert-OH is 1. The topological polar surface area (TPSA) is 112 Å². The molecule has 3 atom stereocenters. The number of aliphatic hydroxyl groups is 1. The maximum atomic E-state index is 12.3. The second-order valence-electron chi connectivity index (χ2n) is 6.29. The lowest BCUT2D eigenvalue weighted by atomic mass is 9.99. The van der Waals surface area contributed by atoms with Crippen LogP contribution < -0.4 is 10.6 Å². The fourth-order valence-corrected chi connectivity index (χ4v) is 2.69. The van der Waals surface area contributed by atoms with E-state index in [2.05, 4.69) is 10.6 Å². The first-order valence-electron chi connectivity index (χ1n) is 8.50. The Hall–Kier alpha value is -2.35. The first-order chi connectivity index (χ1) is 12.0. The zero-order valence-corrected chi connectivity index (χ0v) is 14.5. The molecule has 0 bridgehead atoms. The van der Waals surface area contributed by atoms with Crippen molar-refractivity contribution in [3.05, 3.63) is 24.2 Å². The maximum Gasteiger partial charge on any atom is 0.325 e. The second-order valence-corrected chi connectivity index (χ2v) is 6.29. The standard InChI is InChI=1S/C17H25N3O5/c1-3-11(2)14(10-21)18-15(22)7-6-13-16(23)20(17(24)19-13)9-12-5-4-8-25-12/h4-5,8,11,13-14,21H,3,6-7,9-10H2,1-2H3,(H,18,22)(H,19,24)/t11-,13-,14-/m0/s1. The van der Waals surface area contributed by atoms with E-state index >= 15 is 0 Å². The normalized spacial score (nSPS) is 19.6. The Morgan fingerprint density at radius 3 is 2.84 bits per heavy atom. The van der Waals surface area contributed by atoms with Gasteiger partial charge in [-0.2, -0.15) is 0 Å². The van der Waals surface area contributed by atoms with Crippen LogP contribution in [0.4, 0.5) is 4.79 Å². The summed E-state index contributed by atoms with van der Waals surface area (Å²) in [6, 6.07) is 1.86. The molecule has 1 aliphatic rings. The molecule has 138 valence electrons. The monoisotopic (exact) mass is 351 g/mol. The lowest BCUT2D eigenvalue weighted by Crippen LogP contribution is -2.42. The van der Waals surface area contributed by atoms with Crippen LogP contribution in [0.5, 0.6) is 0 Å². The molecule has 2 rings (SSSR count). The van der Waals surface area contributed by atoms with Gasteiger partial charge in [-0.3, -0.25) is 14.5 Å². The maximum absolute atomic E-state index is 12.3. The van der Waals surface area contributed by atoms with Crippen molar-refractivity contribution in [3.63, 3.8) is 0 Å². The highest BCUT2D eigenvalue weighted by Crippen LogP contribution is 2.15. The Morgan fingerprint density at radius 1 is 1.48 bits per heavy atom. The van der Waals surface area contributed by atoms with Crippen molar-refractivity contribution in [3.8, 4) is 0 Å². The smallest absolute Gasteiger partial charge is 0.325 e. The molecule has 8 nitrogen and oxygen atoms in total. The third-order valence-corrected chi connectivity index (χ3v) is 4.54. The van der Waals surface area contributed by atoms with E-state index in [1.165, 1.54) is 6.26 Å². The summed E-state index contributed by atoms with van der Waals surface area (Å²) in [4.78, 5) is 37.4. The van der Waals surface area contributed by atoms with Gasteiger partial charge in [0.15, 0.2) is 0 Å². The average molecular weight is 351 g/mol. The summed E-state index contributed by atoms with van der Waals surface area (Å²) >= 11 is 0. The Morgan fingerprint density at radius 2 is 2.24 bits per heavy atom. The van der Waals surface area contributed by atoms with Crippen LogP contribution in [0.3, 0.4) is 0 Å². The number of rotatable bonds is 9. The first-order valence-corrected chi connectivity index (χ1v) is 8.50. The van der Waals surface area contributed by atoms with E-state index in [0.717, 1.165) is 11.3 Å². The molecule has 1 aliphatic heterocycles. The predicted octanol–water partition coefficient (Wildman–Crippen LogP) is 1.00. The molecule has 4 amide bonds. The van der Waals surface area contributed by atoms with Gasteiger partial charge in [-0.1, -0.05) is 20.3 Å². The molecule has 0 aliphatic carbocycles. The molecule has 25 heavy (non-hydrogen) atoms. The molecule has 0 spiro atoms. The quantitative estimate of drug-likeness (QED) is 0.575. The van der Waals surface area contributed by atoms with Crippen LogP contribution in [0.15, 0.2) is 22.8 Å². The SMILES string of the molecule is CC[C@H](C)[C@H](CO)NC(=O)CC[C@@H]1NC(=O)N(Cc2ccco2)C1=O. The van der Waals surface area contributed by atoms with Gasteiger partial charge >= 0.3 is 6.03 Å². The van der Waals surface area contributed by atoms with Gasteiger partial charge in [0.1, 0.15) is 11.8 Å². The first kappa shape index (κ1) is 19.0. The van der Waals surface area contributed by atoms with Crippen LogP contribution in [0.2, 0.25) is 0 Å². The number of hydrogen-bond acceptors (Lipinski definition) is 5. The molecule has 3 N–H and O–H groups in total. The highest BCUT2D eigenvalue weighted by molar-refractivity contribution is 6.04. The van der Waals surface area contributed by atoms with Crippen molar-refractivity contribution in [1.29, 1.82) is 0 Å². The summed E-state index contributed by atoms with van der Waals surface area (Å²) in [7, 11) is 0. The summed E-state index contributed by atoms with van der Waals surface area (Å²) < 4.78 is 5.15. The molecule has 0 radical (unpaired) electrons. The van der Waals surface area contributed by atoms with Crippen LogP contribution >= 0.6 is 0 Å². The van der Waals surface area contributed by atoms with E-state index in [4.69, 9.17) is 4.42 Å². The van der Waals surface area contributed by atoms with Crippen molar-refractivity contribution in [1.82, 2.24) is 15.5 Å². The summed E-state index contributed by atoms with van der Waals surface area (Å²) in [6.07, 6.45) is 2.62. The van der Waals surface area contributed by atoms with Gasteiger partial charge in [0.05, 0.1) is 25.5 Å². The molecule has 1 saturated heterocycles. The Balaban J connectivity index is 1.83. The Kier molecular flexibility index (Phi) is 6.58. The Labute approximate surface area is 146 Å². The summed E-state index contributed by atoms with van der Waals surface area (Å²) in [5.41, 5.74) is 0. The third kappa shape index (κ3) is 4.82. The van der Waals surface area contributed by atoms with Crippen LogP contribution in [-0.4, -0.2) is 46.5 Å². The Bertz CT molecular complexity index is 601. The lowest BCUT2D eigenvalue weighted by Gasteiger charge is -2.22.